The molecule has 4 aromatic rings. The molecule has 152 valence electrons. The van der Waals surface area contributed by atoms with Crippen molar-refractivity contribution in [3.63, 3.8) is 0 Å². The van der Waals surface area contributed by atoms with E-state index < -0.39 is 0 Å². The van der Waals surface area contributed by atoms with E-state index >= 15 is 0 Å². The Morgan fingerprint density at radius 3 is 2.13 bits per heavy atom. The van der Waals surface area contributed by atoms with E-state index in [-0.39, 0.29) is 5.82 Å². The summed E-state index contributed by atoms with van der Waals surface area (Å²) in [5.74, 6) is 0.686. The van der Waals surface area contributed by atoms with Gasteiger partial charge in [0.05, 0.1) is 17.8 Å². The van der Waals surface area contributed by atoms with E-state index in [9.17, 15) is 4.39 Å². The van der Waals surface area contributed by atoms with Crippen molar-refractivity contribution in [2.24, 2.45) is 0 Å². The van der Waals surface area contributed by atoms with Crippen LogP contribution in [0, 0.1) is 5.82 Å². The number of unbranched alkanes of at least 4 members (excludes halogenated alkanes) is 1. The summed E-state index contributed by atoms with van der Waals surface area (Å²) in [7, 11) is 0. The topological polar surface area (TPSA) is 22.1 Å². The molecule has 1 aromatic heterocycles. The van der Waals surface area contributed by atoms with Crippen LogP contribution in [0.1, 0.15) is 32.3 Å². The number of halogens is 1. The number of rotatable bonds is 7. The Hall–Kier alpha value is -3.20. The van der Waals surface area contributed by atoms with Gasteiger partial charge in [-0.05, 0) is 65.9 Å². The van der Waals surface area contributed by atoms with Crippen molar-refractivity contribution in [2.45, 2.75) is 33.1 Å². The van der Waals surface area contributed by atoms with Crippen LogP contribution in [0.25, 0.3) is 33.3 Å². The standard InChI is InChI=1S/C27H26FNO/c1-3-5-16-30-24-13-10-21(11-14-24)20-6-8-22(9-7-20)27-17-19(4-2)25-18-23(28)12-15-26(25)29-27/h6-15,17-18H,3-5,16H2,1-2H3. The molecule has 0 fully saturated rings. The molecule has 1 heterocycles. The van der Waals surface area contributed by atoms with Crippen LogP contribution in [-0.2, 0) is 6.42 Å². The second-order valence-corrected chi connectivity index (χ2v) is 7.49. The van der Waals surface area contributed by atoms with Gasteiger partial charge in [-0.3, -0.25) is 0 Å². The largest absolute Gasteiger partial charge is 0.494 e. The van der Waals surface area contributed by atoms with Crippen molar-refractivity contribution < 1.29 is 9.13 Å². The van der Waals surface area contributed by atoms with Gasteiger partial charge in [0.2, 0.25) is 0 Å². The Morgan fingerprint density at radius 2 is 1.47 bits per heavy atom. The van der Waals surface area contributed by atoms with Gasteiger partial charge in [0.15, 0.2) is 0 Å². The summed E-state index contributed by atoms with van der Waals surface area (Å²) >= 11 is 0. The first-order chi connectivity index (χ1) is 14.7. The Kier molecular flexibility index (Phi) is 6.08. The molecule has 3 heteroatoms. The molecule has 30 heavy (non-hydrogen) atoms. The molecule has 0 aliphatic heterocycles. The van der Waals surface area contributed by atoms with Crippen molar-refractivity contribution in [2.75, 3.05) is 6.61 Å². The van der Waals surface area contributed by atoms with Crippen molar-refractivity contribution in [1.82, 2.24) is 4.98 Å². The van der Waals surface area contributed by atoms with Crippen molar-refractivity contribution >= 4 is 10.9 Å². The zero-order valence-corrected chi connectivity index (χ0v) is 17.5. The van der Waals surface area contributed by atoms with Crippen LogP contribution in [0.4, 0.5) is 4.39 Å². The van der Waals surface area contributed by atoms with Gasteiger partial charge in [-0.15, -0.1) is 0 Å². The second kappa shape index (κ2) is 9.08. The lowest BCUT2D eigenvalue weighted by molar-refractivity contribution is 0.309. The smallest absolute Gasteiger partial charge is 0.123 e. The van der Waals surface area contributed by atoms with Gasteiger partial charge in [-0.2, -0.15) is 0 Å². The summed E-state index contributed by atoms with van der Waals surface area (Å²) in [5, 5.41) is 0.888. The molecule has 0 atom stereocenters. The molecular formula is C27H26FNO. The van der Waals surface area contributed by atoms with Crippen LogP contribution >= 0.6 is 0 Å². The Labute approximate surface area is 177 Å². The second-order valence-electron chi connectivity index (χ2n) is 7.49. The molecule has 0 aliphatic carbocycles. The number of aryl methyl sites for hydroxylation is 1. The molecule has 0 unspecified atom stereocenters. The zero-order chi connectivity index (χ0) is 20.9. The van der Waals surface area contributed by atoms with E-state index in [4.69, 9.17) is 9.72 Å². The molecular weight excluding hydrogens is 373 g/mol. The number of nitrogens with zero attached hydrogens (tertiary/aromatic N) is 1. The minimum absolute atomic E-state index is 0.224. The summed E-state index contributed by atoms with van der Waals surface area (Å²) in [6.07, 6.45) is 3.04. The molecule has 4 rings (SSSR count). The molecule has 0 amide bonds. The van der Waals surface area contributed by atoms with E-state index in [1.807, 2.05) is 12.1 Å². The van der Waals surface area contributed by atoms with E-state index in [2.05, 4.69) is 56.3 Å². The number of hydrogen-bond acceptors (Lipinski definition) is 2. The van der Waals surface area contributed by atoms with E-state index in [0.29, 0.717) is 0 Å². The van der Waals surface area contributed by atoms with Crippen LogP contribution < -0.4 is 4.74 Å². The maximum atomic E-state index is 13.6. The first-order valence-electron chi connectivity index (χ1n) is 10.6. The fourth-order valence-corrected chi connectivity index (χ4v) is 3.62. The normalized spacial score (nSPS) is 11.0. The van der Waals surface area contributed by atoms with Crippen LogP contribution in [0.5, 0.6) is 5.75 Å². The zero-order valence-electron chi connectivity index (χ0n) is 17.5. The van der Waals surface area contributed by atoms with Crippen molar-refractivity contribution in [3.05, 3.63) is 84.2 Å². The highest BCUT2D eigenvalue weighted by molar-refractivity contribution is 5.85. The monoisotopic (exact) mass is 399 g/mol. The molecule has 2 nitrogen and oxygen atoms in total. The minimum atomic E-state index is -0.224. The third-order valence-electron chi connectivity index (χ3n) is 5.37. The Balaban J connectivity index is 1.58. The number of ether oxygens (including phenoxy) is 1. The Morgan fingerprint density at radius 1 is 0.800 bits per heavy atom. The van der Waals surface area contributed by atoms with E-state index in [0.717, 1.165) is 70.5 Å². The molecule has 0 N–H and O–H groups in total. The summed E-state index contributed by atoms with van der Waals surface area (Å²) in [6, 6.07) is 23.5. The number of aromatic nitrogens is 1. The van der Waals surface area contributed by atoms with Crippen molar-refractivity contribution in [1.29, 1.82) is 0 Å². The molecule has 0 saturated carbocycles. The first kappa shape index (κ1) is 20.1. The van der Waals surface area contributed by atoms with Gasteiger partial charge in [-0.25, -0.2) is 9.37 Å². The molecule has 3 aromatic carbocycles. The lowest BCUT2D eigenvalue weighted by Gasteiger charge is -2.10. The van der Waals surface area contributed by atoms with E-state index in [1.165, 1.54) is 6.07 Å². The van der Waals surface area contributed by atoms with Crippen LogP contribution in [-0.4, -0.2) is 11.6 Å². The maximum Gasteiger partial charge on any atom is 0.123 e. The predicted molar refractivity (Wildman–Crippen MR) is 122 cm³/mol. The van der Waals surface area contributed by atoms with Crippen LogP contribution in [0.3, 0.4) is 0 Å². The first-order valence-corrected chi connectivity index (χ1v) is 10.6. The number of hydrogen-bond donors (Lipinski definition) is 0. The van der Waals surface area contributed by atoms with Gasteiger partial charge in [0.1, 0.15) is 11.6 Å². The molecule has 0 saturated heterocycles. The minimum Gasteiger partial charge on any atom is -0.494 e. The molecule has 0 radical (unpaired) electrons. The van der Waals surface area contributed by atoms with Gasteiger partial charge in [-0.1, -0.05) is 56.7 Å². The lowest BCUT2D eigenvalue weighted by Crippen LogP contribution is -1.95. The van der Waals surface area contributed by atoms with Gasteiger partial charge < -0.3 is 4.74 Å². The highest BCUT2D eigenvalue weighted by atomic mass is 19.1. The fraction of sp³-hybridized carbons (Fsp3) is 0.222. The molecule has 0 aliphatic rings. The SMILES string of the molecule is CCCCOc1ccc(-c2ccc(-c3cc(CC)c4cc(F)ccc4n3)cc2)cc1. The number of pyridine rings is 1. The van der Waals surface area contributed by atoms with Crippen LogP contribution in [0.15, 0.2) is 72.8 Å². The van der Waals surface area contributed by atoms with Gasteiger partial charge in [0, 0.05) is 10.9 Å². The third-order valence-corrected chi connectivity index (χ3v) is 5.37. The fourth-order valence-electron chi connectivity index (χ4n) is 3.62. The molecule has 0 spiro atoms. The summed E-state index contributed by atoms with van der Waals surface area (Å²) in [4.78, 5) is 4.76. The van der Waals surface area contributed by atoms with Crippen molar-refractivity contribution in [3.8, 4) is 28.1 Å². The van der Waals surface area contributed by atoms with E-state index in [1.54, 1.807) is 12.1 Å². The average Bonchev–Trinajstić information content (AvgIpc) is 2.79. The number of fused-ring (bicyclic) bond motifs is 1. The lowest BCUT2D eigenvalue weighted by atomic mass is 10.00. The quantitative estimate of drug-likeness (QED) is 0.301. The highest BCUT2D eigenvalue weighted by Crippen LogP contribution is 2.29. The summed E-state index contributed by atoms with van der Waals surface area (Å²) < 4.78 is 19.4. The average molecular weight is 400 g/mol. The highest BCUT2D eigenvalue weighted by Gasteiger charge is 2.08. The molecule has 0 bridgehead atoms. The predicted octanol–water partition coefficient (Wildman–Crippen LogP) is 7.45. The Bertz CT molecular complexity index is 1130. The summed E-state index contributed by atoms with van der Waals surface area (Å²) in [6.45, 7) is 5.00. The number of benzene rings is 3. The maximum absolute atomic E-state index is 13.6. The third kappa shape index (κ3) is 4.35. The van der Waals surface area contributed by atoms with Gasteiger partial charge >= 0.3 is 0 Å². The summed E-state index contributed by atoms with van der Waals surface area (Å²) in [5.41, 5.74) is 6.21. The van der Waals surface area contributed by atoms with Gasteiger partial charge in [0.25, 0.3) is 0 Å². The van der Waals surface area contributed by atoms with Crippen LogP contribution in [0.2, 0.25) is 0 Å².